The van der Waals surface area contributed by atoms with Crippen LogP contribution in [0.25, 0.3) is 0 Å². The number of amides is 1. The molecule has 1 fully saturated rings. The van der Waals surface area contributed by atoms with Gasteiger partial charge in [0.2, 0.25) is 0 Å². The minimum absolute atomic E-state index is 0.117. The third-order valence-corrected chi connectivity index (χ3v) is 5.44. The number of benzene rings is 1. The molecule has 2 aromatic heterocycles. The number of thiazole rings is 1. The zero-order valence-corrected chi connectivity index (χ0v) is 16.4. The van der Waals surface area contributed by atoms with Gasteiger partial charge in [0.1, 0.15) is 11.6 Å². The van der Waals surface area contributed by atoms with Crippen molar-refractivity contribution >= 4 is 33.9 Å². The summed E-state index contributed by atoms with van der Waals surface area (Å²) in [5.41, 5.74) is 0.720. The minimum Gasteiger partial charge on any atom is -0.378 e. The summed E-state index contributed by atoms with van der Waals surface area (Å²) in [4.78, 5) is 21.8. The number of nitrogens with zero attached hydrogens (tertiary/aromatic N) is 2. The fourth-order valence-corrected chi connectivity index (χ4v) is 3.78. The van der Waals surface area contributed by atoms with Crippen LogP contribution < -0.4 is 21.3 Å². The second-order valence-electron chi connectivity index (χ2n) is 6.68. The molecule has 0 saturated carbocycles. The maximum atomic E-state index is 14.2. The van der Waals surface area contributed by atoms with E-state index in [4.69, 9.17) is 0 Å². The molecule has 4 N–H and O–H groups in total. The Labute approximate surface area is 171 Å². The topological polar surface area (TPSA) is 91.0 Å². The normalized spacial score (nSPS) is 15.8. The lowest BCUT2D eigenvalue weighted by atomic mass is 10.1. The fourth-order valence-electron chi connectivity index (χ4n) is 3.02. The van der Waals surface area contributed by atoms with Crippen LogP contribution >= 0.6 is 11.3 Å². The zero-order chi connectivity index (χ0) is 20.1. The number of carbonyl (C=O) groups excluding carboxylic acids is 1. The molecule has 1 atom stereocenters. The van der Waals surface area contributed by atoms with Gasteiger partial charge in [0.05, 0.1) is 12.2 Å². The van der Waals surface area contributed by atoms with Crippen LogP contribution in [0.1, 0.15) is 21.7 Å². The molecule has 3 aromatic rings. The number of halogens is 1. The fraction of sp³-hybridized carbons (Fsp3) is 0.250. The number of carbonyl (C=O) groups is 1. The van der Waals surface area contributed by atoms with Crippen molar-refractivity contribution in [3.63, 3.8) is 0 Å². The molecule has 1 saturated heterocycles. The highest BCUT2D eigenvalue weighted by Crippen LogP contribution is 2.23. The molecule has 1 unspecified atom stereocenters. The Hall–Kier alpha value is -3.04. The average Bonchev–Trinajstić information content (AvgIpc) is 3.40. The Morgan fingerprint density at radius 2 is 2.21 bits per heavy atom. The van der Waals surface area contributed by atoms with Gasteiger partial charge in [-0.05, 0) is 43.3 Å². The van der Waals surface area contributed by atoms with E-state index in [1.165, 1.54) is 23.5 Å². The Bertz CT molecular complexity index is 974. The van der Waals surface area contributed by atoms with E-state index in [9.17, 15) is 9.18 Å². The third kappa shape index (κ3) is 5.07. The van der Waals surface area contributed by atoms with Gasteiger partial charge in [0.15, 0.2) is 5.13 Å². The summed E-state index contributed by atoms with van der Waals surface area (Å²) in [5.74, 6) is 0.116. The Balaban J connectivity index is 1.37. The molecule has 0 spiro atoms. The highest BCUT2D eigenvalue weighted by molar-refractivity contribution is 7.15. The molecule has 0 radical (unpaired) electrons. The van der Waals surface area contributed by atoms with Crippen molar-refractivity contribution in [2.75, 3.05) is 23.7 Å². The average molecular weight is 412 g/mol. The summed E-state index contributed by atoms with van der Waals surface area (Å²) in [6.45, 7) is 2.06. The monoisotopic (exact) mass is 412 g/mol. The predicted molar refractivity (Wildman–Crippen MR) is 112 cm³/mol. The van der Waals surface area contributed by atoms with E-state index in [0.29, 0.717) is 23.1 Å². The smallest absolute Gasteiger partial charge is 0.251 e. The molecule has 9 heteroatoms. The Kier molecular flexibility index (Phi) is 5.97. The van der Waals surface area contributed by atoms with Crippen LogP contribution in [0.4, 0.5) is 21.0 Å². The molecule has 3 heterocycles. The highest BCUT2D eigenvalue weighted by atomic mass is 32.1. The minimum atomic E-state index is -0.402. The summed E-state index contributed by atoms with van der Waals surface area (Å²) in [7, 11) is 0. The van der Waals surface area contributed by atoms with Gasteiger partial charge in [-0.25, -0.2) is 14.4 Å². The van der Waals surface area contributed by atoms with Gasteiger partial charge in [0.25, 0.3) is 5.91 Å². The van der Waals surface area contributed by atoms with Crippen LogP contribution in [0.15, 0.2) is 48.8 Å². The summed E-state index contributed by atoms with van der Waals surface area (Å²) >= 11 is 1.45. The largest absolute Gasteiger partial charge is 0.378 e. The van der Waals surface area contributed by atoms with E-state index in [1.54, 1.807) is 18.5 Å². The Morgan fingerprint density at radius 3 is 3.00 bits per heavy atom. The summed E-state index contributed by atoms with van der Waals surface area (Å²) in [5, 5.41) is 13.1. The van der Waals surface area contributed by atoms with Gasteiger partial charge in [-0.15, -0.1) is 0 Å². The predicted octanol–water partition coefficient (Wildman–Crippen LogP) is 3.12. The first-order chi connectivity index (χ1) is 14.2. The number of pyridine rings is 1. The summed E-state index contributed by atoms with van der Waals surface area (Å²) < 4.78 is 14.2. The second kappa shape index (κ2) is 8.97. The van der Waals surface area contributed by atoms with Crippen molar-refractivity contribution in [1.29, 1.82) is 0 Å². The van der Waals surface area contributed by atoms with Crippen LogP contribution in [-0.4, -0.2) is 35.0 Å². The molecule has 150 valence electrons. The number of anilines is 3. The van der Waals surface area contributed by atoms with E-state index in [0.717, 1.165) is 24.4 Å². The maximum Gasteiger partial charge on any atom is 0.251 e. The lowest BCUT2D eigenvalue weighted by Gasteiger charge is -2.13. The summed E-state index contributed by atoms with van der Waals surface area (Å²) in [6.07, 6.45) is 4.33. The van der Waals surface area contributed by atoms with Gasteiger partial charge >= 0.3 is 0 Å². The molecule has 1 aliphatic heterocycles. The van der Waals surface area contributed by atoms with Crippen LogP contribution in [-0.2, 0) is 6.54 Å². The van der Waals surface area contributed by atoms with Crippen LogP contribution in [0.3, 0.4) is 0 Å². The molecule has 0 bridgehead atoms. The van der Waals surface area contributed by atoms with Gasteiger partial charge in [0, 0.05) is 35.4 Å². The molecule has 0 aliphatic carbocycles. The number of hydrogen-bond donors (Lipinski definition) is 4. The van der Waals surface area contributed by atoms with Crippen molar-refractivity contribution in [1.82, 2.24) is 20.6 Å². The van der Waals surface area contributed by atoms with Crippen LogP contribution in [0, 0.1) is 5.82 Å². The lowest BCUT2D eigenvalue weighted by Crippen LogP contribution is -2.36. The van der Waals surface area contributed by atoms with Crippen molar-refractivity contribution in [2.24, 2.45) is 0 Å². The van der Waals surface area contributed by atoms with Crippen molar-refractivity contribution in [2.45, 2.75) is 19.0 Å². The molecule has 1 aromatic carbocycles. The van der Waals surface area contributed by atoms with E-state index >= 15 is 0 Å². The zero-order valence-electron chi connectivity index (χ0n) is 15.6. The standard InChI is InChI=1S/C20H21FN6OS/c21-16-5-4-13(19(28)26-14-6-8-22-10-14)9-17(16)24-11-15-12-25-20(29-15)27-18-3-1-2-7-23-18/h1-5,7,9,12,14,22,24H,6,8,10-11H2,(H,26,28)(H,23,25,27). The van der Waals surface area contributed by atoms with Gasteiger partial charge in [-0.3, -0.25) is 4.79 Å². The molecular weight excluding hydrogens is 391 g/mol. The molecule has 1 amide bonds. The number of rotatable bonds is 7. The lowest BCUT2D eigenvalue weighted by molar-refractivity contribution is 0.0940. The number of hydrogen-bond acceptors (Lipinski definition) is 7. The quantitative estimate of drug-likeness (QED) is 0.477. The van der Waals surface area contributed by atoms with Crippen molar-refractivity contribution in [3.05, 3.63) is 65.0 Å². The van der Waals surface area contributed by atoms with Crippen molar-refractivity contribution in [3.8, 4) is 0 Å². The van der Waals surface area contributed by atoms with E-state index in [1.807, 2.05) is 18.2 Å². The molecule has 7 nitrogen and oxygen atoms in total. The van der Waals surface area contributed by atoms with E-state index in [-0.39, 0.29) is 17.6 Å². The van der Waals surface area contributed by atoms with Gasteiger partial charge < -0.3 is 21.3 Å². The maximum absolute atomic E-state index is 14.2. The highest BCUT2D eigenvalue weighted by Gasteiger charge is 2.18. The second-order valence-corrected chi connectivity index (χ2v) is 7.80. The SMILES string of the molecule is O=C(NC1CCNC1)c1ccc(F)c(NCc2cnc(Nc3ccccn3)s2)c1. The number of nitrogens with one attached hydrogen (secondary N) is 4. The first kappa shape index (κ1) is 19.3. The van der Waals surface area contributed by atoms with Gasteiger partial charge in [-0.2, -0.15) is 0 Å². The van der Waals surface area contributed by atoms with Crippen molar-refractivity contribution < 1.29 is 9.18 Å². The summed E-state index contributed by atoms with van der Waals surface area (Å²) in [6, 6.07) is 10.1. The third-order valence-electron chi connectivity index (χ3n) is 4.53. The van der Waals surface area contributed by atoms with E-state index in [2.05, 4.69) is 31.2 Å². The van der Waals surface area contributed by atoms with Gasteiger partial charge in [-0.1, -0.05) is 17.4 Å². The van der Waals surface area contributed by atoms with Crippen LogP contribution in [0.2, 0.25) is 0 Å². The molecule has 4 rings (SSSR count). The first-order valence-corrected chi connectivity index (χ1v) is 10.2. The van der Waals surface area contributed by atoms with Crippen LogP contribution in [0.5, 0.6) is 0 Å². The molecule has 29 heavy (non-hydrogen) atoms. The molecular formula is C20H21FN6OS. The van der Waals surface area contributed by atoms with E-state index < -0.39 is 5.82 Å². The first-order valence-electron chi connectivity index (χ1n) is 9.35. The molecule has 1 aliphatic rings. The Morgan fingerprint density at radius 1 is 1.28 bits per heavy atom. The number of aromatic nitrogens is 2.